The number of furan rings is 1. The average molecular weight is 422 g/mol. The lowest BCUT2D eigenvalue weighted by Gasteiger charge is -2.07. The first kappa shape index (κ1) is 19.6. The second kappa shape index (κ2) is 8.04. The number of carbonyl (C=O) groups excluding carboxylic acids is 1. The normalized spacial score (nSPS) is 11.0. The van der Waals surface area contributed by atoms with E-state index >= 15 is 0 Å². The molecule has 1 N–H and O–H groups in total. The number of ether oxygens (including phenoxy) is 1. The largest absolute Gasteiger partial charge is 0.482 e. The number of para-hydroxylation sites is 1. The molecule has 0 fully saturated rings. The number of hydrogen-bond donors (Lipinski definition) is 1. The molecule has 1 heterocycles. The van der Waals surface area contributed by atoms with E-state index in [2.05, 4.69) is 0 Å². The molecule has 0 unspecified atom stereocenters. The summed E-state index contributed by atoms with van der Waals surface area (Å²) in [5, 5.41) is 11.4. The number of hydrogen-bond acceptors (Lipinski definition) is 4. The topological polar surface area (TPSA) is 76.7 Å². The first-order valence-electron chi connectivity index (χ1n) is 10.1. The minimum Gasteiger partial charge on any atom is -0.482 e. The average Bonchev–Trinajstić information content (AvgIpc) is 3.22. The zero-order valence-corrected chi connectivity index (χ0v) is 16.9. The van der Waals surface area contributed by atoms with Gasteiger partial charge < -0.3 is 14.3 Å². The van der Waals surface area contributed by atoms with E-state index in [1.165, 1.54) is 0 Å². The van der Waals surface area contributed by atoms with Gasteiger partial charge in [-0.25, -0.2) is 4.79 Å². The van der Waals surface area contributed by atoms with E-state index < -0.39 is 12.6 Å². The maximum absolute atomic E-state index is 13.4. The molecule has 0 bridgehead atoms. The lowest BCUT2D eigenvalue weighted by Crippen LogP contribution is -2.09. The van der Waals surface area contributed by atoms with E-state index in [-0.39, 0.29) is 5.78 Å². The van der Waals surface area contributed by atoms with Gasteiger partial charge in [0, 0.05) is 16.5 Å². The fraction of sp³-hybridized carbons (Fsp3) is 0.0370. The van der Waals surface area contributed by atoms with Gasteiger partial charge >= 0.3 is 5.97 Å². The second-order valence-electron chi connectivity index (χ2n) is 7.40. The van der Waals surface area contributed by atoms with E-state index in [1.807, 2.05) is 66.7 Å². The molecule has 5 aromatic rings. The maximum Gasteiger partial charge on any atom is 0.341 e. The molecule has 0 aliphatic heterocycles. The van der Waals surface area contributed by atoms with Gasteiger partial charge in [-0.2, -0.15) is 0 Å². The Balaban J connectivity index is 1.62. The monoisotopic (exact) mass is 422 g/mol. The molecule has 4 aromatic carbocycles. The molecule has 0 atom stereocenters. The number of carboxylic acid groups (broad SMARTS) is 1. The van der Waals surface area contributed by atoms with Crippen molar-refractivity contribution < 1.29 is 23.8 Å². The maximum atomic E-state index is 13.4. The predicted octanol–water partition coefficient (Wildman–Crippen LogP) is 5.95. The molecule has 0 saturated carbocycles. The highest BCUT2D eigenvalue weighted by molar-refractivity contribution is 6.19. The molecule has 1 aromatic heterocycles. The Kier molecular flexibility index (Phi) is 4.92. The van der Waals surface area contributed by atoms with Crippen LogP contribution in [0.15, 0.2) is 95.4 Å². The number of fused-ring (bicyclic) bond motifs is 2. The van der Waals surface area contributed by atoms with Crippen LogP contribution >= 0.6 is 0 Å². The number of benzene rings is 4. The van der Waals surface area contributed by atoms with Crippen LogP contribution in [0.2, 0.25) is 0 Å². The van der Waals surface area contributed by atoms with E-state index in [9.17, 15) is 9.59 Å². The molecule has 5 nitrogen and oxygen atoms in total. The van der Waals surface area contributed by atoms with Crippen molar-refractivity contribution in [2.45, 2.75) is 0 Å². The van der Waals surface area contributed by atoms with E-state index in [1.54, 1.807) is 24.3 Å². The van der Waals surface area contributed by atoms with Crippen LogP contribution in [0, 0.1) is 0 Å². The smallest absolute Gasteiger partial charge is 0.341 e. The Morgan fingerprint density at radius 2 is 1.53 bits per heavy atom. The summed E-state index contributed by atoms with van der Waals surface area (Å²) < 4.78 is 11.4. The minimum absolute atomic E-state index is 0.0944. The van der Waals surface area contributed by atoms with E-state index in [0.29, 0.717) is 28.2 Å². The standard InChI is InChI=1S/C27H18O5/c28-24(29)16-31-21-13-12-18-14-20(11-10-19(18)15-21)27-25(22-8-4-5-9-23(22)32-27)26(30)17-6-2-1-3-7-17/h1-15H,16H2,(H,28,29). The highest BCUT2D eigenvalue weighted by Gasteiger charge is 2.23. The SMILES string of the molecule is O=C(O)COc1ccc2cc(-c3oc4ccccc4c3C(=O)c3ccccc3)ccc2c1. The van der Waals surface area contributed by atoms with Gasteiger partial charge in [0.2, 0.25) is 0 Å². The molecule has 32 heavy (non-hydrogen) atoms. The van der Waals surface area contributed by atoms with Crippen LogP contribution in [0.4, 0.5) is 0 Å². The van der Waals surface area contributed by atoms with Crippen molar-refractivity contribution in [2.75, 3.05) is 6.61 Å². The summed E-state index contributed by atoms with van der Waals surface area (Å²) in [5.74, 6) is -0.117. The molecule has 0 saturated heterocycles. The Hall–Kier alpha value is -4.38. The zero-order chi connectivity index (χ0) is 22.1. The van der Waals surface area contributed by atoms with Crippen molar-refractivity contribution in [1.82, 2.24) is 0 Å². The van der Waals surface area contributed by atoms with E-state index in [4.69, 9.17) is 14.3 Å². The summed E-state index contributed by atoms with van der Waals surface area (Å²) in [5.41, 5.74) is 2.57. The van der Waals surface area contributed by atoms with Gasteiger partial charge in [-0.3, -0.25) is 4.79 Å². The summed E-state index contributed by atoms with van der Waals surface area (Å²) in [7, 11) is 0. The highest BCUT2D eigenvalue weighted by Crippen LogP contribution is 2.36. The molecule has 0 aliphatic rings. The van der Waals surface area contributed by atoms with Gasteiger partial charge in [-0.1, -0.05) is 66.7 Å². The van der Waals surface area contributed by atoms with Crippen molar-refractivity contribution in [3.8, 4) is 17.1 Å². The van der Waals surface area contributed by atoms with Crippen LogP contribution in [-0.4, -0.2) is 23.5 Å². The predicted molar refractivity (Wildman–Crippen MR) is 122 cm³/mol. The fourth-order valence-electron chi connectivity index (χ4n) is 3.81. The molecule has 0 aliphatic carbocycles. The van der Waals surface area contributed by atoms with Gasteiger partial charge in [0.05, 0.1) is 5.56 Å². The Labute approximate surface area is 183 Å². The molecule has 5 rings (SSSR count). The summed E-state index contributed by atoms with van der Waals surface area (Å²) in [4.78, 5) is 24.2. The third kappa shape index (κ3) is 3.61. The zero-order valence-electron chi connectivity index (χ0n) is 16.9. The first-order chi connectivity index (χ1) is 15.6. The summed E-state index contributed by atoms with van der Waals surface area (Å²) in [6.45, 7) is -0.395. The molecule has 0 radical (unpaired) electrons. The summed E-state index contributed by atoms with van der Waals surface area (Å²) in [6, 6.07) is 27.8. The minimum atomic E-state index is -1.03. The summed E-state index contributed by atoms with van der Waals surface area (Å²) in [6.07, 6.45) is 0. The second-order valence-corrected chi connectivity index (χ2v) is 7.40. The van der Waals surface area contributed by atoms with Gasteiger partial charge in [-0.15, -0.1) is 0 Å². The van der Waals surface area contributed by atoms with Crippen molar-refractivity contribution in [1.29, 1.82) is 0 Å². The first-order valence-corrected chi connectivity index (χ1v) is 10.1. The van der Waals surface area contributed by atoms with Gasteiger partial charge in [0.15, 0.2) is 12.4 Å². The number of ketones is 1. The number of aliphatic carboxylic acids is 1. The van der Waals surface area contributed by atoms with Gasteiger partial charge in [0.1, 0.15) is 17.1 Å². The van der Waals surface area contributed by atoms with Gasteiger partial charge in [-0.05, 0) is 35.0 Å². The molecule has 156 valence electrons. The quantitative estimate of drug-likeness (QED) is 0.342. The highest BCUT2D eigenvalue weighted by atomic mass is 16.5. The van der Waals surface area contributed by atoms with Gasteiger partial charge in [0.25, 0.3) is 0 Å². The van der Waals surface area contributed by atoms with Crippen LogP contribution in [0.1, 0.15) is 15.9 Å². The van der Waals surface area contributed by atoms with Crippen molar-refractivity contribution >= 4 is 33.5 Å². The van der Waals surface area contributed by atoms with Crippen molar-refractivity contribution in [2.24, 2.45) is 0 Å². The Bertz CT molecular complexity index is 1460. The van der Waals surface area contributed by atoms with Crippen LogP contribution in [-0.2, 0) is 4.79 Å². The third-order valence-electron chi connectivity index (χ3n) is 5.29. The van der Waals surface area contributed by atoms with Crippen LogP contribution in [0.3, 0.4) is 0 Å². The number of rotatable bonds is 6. The van der Waals surface area contributed by atoms with Crippen molar-refractivity contribution in [3.05, 3.63) is 102 Å². The molecule has 0 amide bonds. The lowest BCUT2D eigenvalue weighted by molar-refractivity contribution is -0.139. The molecule has 5 heteroatoms. The Morgan fingerprint density at radius 1 is 0.812 bits per heavy atom. The van der Waals surface area contributed by atoms with Crippen molar-refractivity contribution in [3.63, 3.8) is 0 Å². The molecular weight excluding hydrogens is 404 g/mol. The lowest BCUT2D eigenvalue weighted by atomic mass is 9.96. The molecular formula is C27H18O5. The van der Waals surface area contributed by atoms with Crippen LogP contribution in [0.5, 0.6) is 5.75 Å². The Morgan fingerprint density at radius 3 is 2.34 bits per heavy atom. The number of carboxylic acids is 1. The third-order valence-corrected chi connectivity index (χ3v) is 5.29. The number of carbonyl (C=O) groups is 2. The fourth-order valence-corrected chi connectivity index (χ4v) is 3.81. The van der Waals surface area contributed by atoms with E-state index in [0.717, 1.165) is 21.7 Å². The van der Waals surface area contributed by atoms with Crippen LogP contribution < -0.4 is 4.74 Å². The molecule has 0 spiro atoms. The van der Waals surface area contributed by atoms with Crippen LogP contribution in [0.25, 0.3) is 33.1 Å². The summed E-state index contributed by atoms with van der Waals surface area (Å²) >= 11 is 0.